The first-order chi connectivity index (χ1) is 15.8. The zero-order valence-corrected chi connectivity index (χ0v) is 19.9. The van der Waals surface area contributed by atoms with Gasteiger partial charge in [0, 0.05) is 12.5 Å². The Balaban J connectivity index is 1.98. The highest BCUT2D eigenvalue weighted by atomic mass is 16.5. The Morgan fingerprint density at radius 3 is 2.42 bits per heavy atom. The predicted octanol–water partition coefficient (Wildman–Crippen LogP) is 2.54. The molecular formula is C26H36N2O5. The minimum absolute atomic E-state index is 0.0597. The summed E-state index contributed by atoms with van der Waals surface area (Å²) in [5, 5.41) is 13.1. The third-order valence-electron chi connectivity index (χ3n) is 6.97. The maximum absolute atomic E-state index is 13.8. The lowest BCUT2D eigenvalue weighted by Crippen LogP contribution is -2.53. The van der Waals surface area contributed by atoms with Crippen molar-refractivity contribution in [2.45, 2.75) is 52.7 Å². The fraction of sp³-hybridized carbons (Fsp3) is 0.577. The van der Waals surface area contributed by atoms with Crippen LogP contribution in [0.2, 0.25) is 0 Å². The standard InChI is InChI=1S/C26H36N2O5/c1-5-18-12-13-19-22(21(18)26(32)33-6-2)25(31)28(20(15-29)16(3)4)23(19)24(30)27-14-17-10-8-7-9-11-17/h7-13,16,18-23,29H,5-6,14-15H2,1-4H3,(H,27,30)/t18-,19+,20+,21-,22-,23+/m1/s1. The Morgan fingerprint density at radius 1 is 1.15 bits per heavy atom. The molecule has 2 N–H and O–H groups in total. The van der Waals surface area contributed by atoms with Crippen LogP contribution < -0.4 is 5.32 Å². The molecule has 180 valence electrons. The van der Waals surface area contributed by atoms with Crippen molar-refractivity contribution in [1.82, 2.24) is 10.2 Å². The van der Waals surface area contributed by atoms with E-state index in [1.165, 1.54) is 4.90 Å². The van der Waals surface area contributed by atoms with Crippen molar-refractivity contribution in [2.24, 2.45) is 29.6 Å². The van der Waals surface area contributed by atoms with Gasteiger partial charge in [-0.3, -0.25) is 14.4 Å². The molecule has 1 heterocycles. The van der Waals surface area contributed by atoms with E-state index in [1.54, 1.807) is 6.92 Å². The number of benzene rings is 1. The molecule has 0 unspecified atom stereocenters. The molecule has 7 nitrogen and oxygen atoms in total. The Kier molecular flexibility index (Phi) is 8.30. The molecule has 0 radical (unpaired) electrons. The zero-order chi connectivity index (χ0) is 24.1. The van der Waals surface area contributed by atoms with Crippen LogP contribution in [0.5, 0.6) is 0 Å². The van der Waals surface area contributed by atoms with E-state index in [-0.39, 0.29) is 36.9 Å². The van der Waals surface area contributed by atoms with E-state index in [0.717, 1.165) is 5.56 Å². The first-order valence-electron chi connectivity index (χ1n) is 11.9. The zero-order valence-electron chi connectivity index (χ0n) is 19.9. The third-order valence-corrected chi connectivity index (χ3v) is 6.97. The van der Waals surface area contributed by atoms with E-state index in [0.29, 0.717) is 13.0 Å². The number of allylic oxidation sites excluding steroid dienone is 1. The van der Waals surface area contributed by atoms with Gasteiger partial charge in [0.1, 0.15) is 6.04 Å². The number of nitrogens with one attached hydrogen (secondary N) is 1. The van der Waals surface area contributed by atoms with Gasteiger partial charge < -0.3 is 20.1 Å². The van der Waals surface area contributed by atoms with Crippen LogP contribution in [-0.2, 0) is 25.7 Å². The van der Waals surface area contributed by atoms with Crippen LogP contribution in [0.15, 0.2) is 42.5 Å². The lowest BCUT2D eigenvalue weighted by molar-refractivity contribution is -0.156. The van der Waals surface area contributed by atoms with Crippen LogP contribution in [0.3, 0.4) is 0 Å². The first kappa shape index (κ1) is 25.0. The molecule has 0 saturated carbocycles. The van der Waals surface area contributed by atoms with Gasteiger partial charge in [-0.15, -0.1) is 0 Å². The summed E-state index contributed by atoms with van der Waals surface area (Å²) in [6.07, 6.45) is 4.57. The Morgan fingerprint density at radius 2 is 1.85 bits per heavy atom. The largest absolute Gasteiger partial charge is 0.466 e. The molecule has 0 bridgehead atoms. The van der Waals surface area contributed by atoms with E-state index in [4.69, 9.17) is 4.74 Å². The smallest absolute Gasteiger partial charge is 0.310 e. The van der Waals surface area contributed by atoms with Gasteiger partial charge in [0.15, 0.2) is 0 Å². The van der Waals surface area contributed by atoms with Gasteiger partial charge in [0.25, 0.3) is 0 Å². The lowest BCUT2D eigenvalue weighted by atomic mass is 9.69. The number of rotatable bonds is 9. The van der Waals surface area contributed by atoms with Crippen molar-refractivity contribution in [3.8, 4) is 0 Å². The summed E-state index contributed by atoms with van der Waals surface area (Å²) in [4.78, 5) is 41.8. The highest BCUT2D eigenvalue weighted by Gasteiger charge is 2.59. The monoisotopic (exact) mass is 456 g/mol. The van der Waals surface area contributed by atoms with Crippen molar-refractivity contribution in [3.63, 3.8) is 0 Å². The number of carbonyl (C=O) groups excluding carboxylic acids is 3. The van der Waals surface area contributed by atoms with E-state index in [1.807, 2.05) is 63.3 Å². The molecule has 7 heteroatoms. The molecule has 6 atom stereocenters. The summed E-state index contributed by atoms with van der Waals surface area (Å²) in [5.41, 5.74) is 0.954. The van der Waals surface area contributed by atoms with E-state index >= 15 is 0 Å². The summed E-state index contributed by atoms with van der Waals surface area (Å²) in [6, 6.07) is 8.25. The van der Waals surface area contributed by atoms with Crippen molar-refractivity contribution < 1.29 is 24.2 Å². The maximum Gasteiger partial charge on any atom is 0.310 e. The molecule has 2 aliphatic rings. The fourth-order valence-corrected chi connectivity index (χ4v) is 5.26. The molecule has 0 aromatic heterocycles. The van der Waals surface area contributed by atoms with Gasteiger partial charge in [-0.25, -0.2) is 0 Å². The van der Waals surface area contributed by atoms with Crippen molar-refractivity contribution in [3.05, 3.63) is 48.0 Å². The Bertz CT molecular complexity index is 869. The summed E-state index contributed by atoms with van der Waals surface area (Å²) < 4.78 is 5.35. The van der Waals surface area contributed by atoms with Crippen molar-refractivity contribution >= 4 is 17.8 Å². The number of esters is 1. The minimum atomic E-state index is -0.795. The Labute approximate surface area is 196 Å². The number of carbonyl (C=O) groups is 3. The summed E-state index contributed by atoms with van der Waals surface area (Å²) in [6.45, 7) is 7.88. The van der Waals surface area contributed by atoms with Crippen LogP contribution in [-0.4, -0.2) is 53.1 Å². The number of nitrogens with zero attached hydrogens (tertiary/aromatic N) is 1. The van der Waals surface area contributed by atoms with Gasteiger partial charge >= 0.3 is 5.97 Å². The third kappa shape index (κ3) is 4.98. The average Bonchev–Trinajstić information content (AvgIpc) is 3.10. The summed E-state index contributed by atoms with van der Waals surface area (Å²) in [7, 11) is 0. The number of aliphatic hydroxyl groups is 1. The summed E-state index contributed by atoms with van der Waals surface area (Å²) >= 11 is 0. The van der Waals surface area contributed by atoms with Crippen LogP contribution >= 0.6 is 0 Å². The predicted molar refractivity (Wildman–Crippen MR) is 125 cm³/mol. The van der Waals surface area contributed by atoms with Gasteiger partial charge in [0.05, 0.1) is 31.1 Å². The van der Waals surface area contributed by atoms with Crippen LogP contribution in [0.1, 0.15) is 39.7 Å². The van der Waals surface area contributed by atoms with E-state index in [9.17, 15) is 19.5 Å². The number of fused-ring (bicyclic) bond motifs is 1. The van der Waals surface area contributed by atoms with Crippen LogP contribution in [0.25, 0.3) is 0 Å². The number of amides is 2. The van der Waals surface area contributed by atoms with Crippen LogP contribution in [0, 0.1) is 29.6 Å². The molecule has 1 aliphatic heterocycles. The van der Waals surface area contributed by atoms with Gasteiger partial charge in [0.2, 0.25) is 11.8 Å². The molecule has 1 aromatic carbocycles. The molecule has 1 fully saturated rings. The maximum atomic E-state index is 13.8. The highest BCUT2D eigenvalue weighted by molar-refractivity contribution is 5.96. The average molecular weight is 457 g/mol. The lowest BCUT2D eigenvalue weighted by Gasteiger charge is -2.35. The van der Waals surface area contributed by atoms with Crippen molar-refractivity contribution in [1.29, 1.82) is 0 Å². The highest BCUT2D eigenvalue weighted by Crippen LogP contribution is 2.46. The molecular weight excluding hydrogens is 420 g/mol. The number of ether oxygens (including phenoxy) is 1. The minimum Gasteiger partial charge on any atom is -0.466 e. The van der Waals surface area contributed by atoms with E-state index < -0.39 is 35.8 Å². The fourth-order valence-electron chi connectivity index (χ4n) is 5.26. The number of likely N-dealkylation sites (tertiary alicyclic amines) is 1. The first-order valence-corrected chi connectivity index (χ1v) is 11.9. The molecule has 33 heavy (non-hydrogen) atoms. The number of hydrogen-bond donors (Lipinski definition) is 2. The second-order valence-corrected chi connectivity index (χ2v) is 9.23. The second kappa shape index (κ2) is 11.0. The number of hydrogen-bond acceptors (Lipinski definition) is 5. The molecule has 1 aromatic rings. The second-order valence-electron chi connectivity index (χ2n) is 9.23. The quantitative estimate of drug-likeness (QED) is 0.440. The topological polar surface area (TPSA) is 95.9 Å². The molecule has 0 spiro atoms. The Hall–Kier alpha value is -2.67. The van der Waals surface area contributed by atoms with E-state index in [2.05, 4.69) is 5.32 Å². The molecule has 1 aliphatic carbocycles. The number of aliphatic hydroxyl groups excluding tert-OH is 1. The normalized spacial score (nSPS) is 27.4. The van der Waals surface area contributed by atoms with Gasteiger partial charge in [-0.1, -0.05) is 63.3 Å². The van der Waals surface area contributed by atoms with Crippen LogP contribution in [0.4, 0.5) is 0 Å². The van der Waals surface area contributed by atoms with Crippen molar-refractivity contribution in [2.75, 3.05) is 13.2 Å². The molecule has 2 amide bonds. The summed E-state index contributed by atoms with van der Waals surface area (Å²) in [5.74, 6) is -2.90. The van der Waals surface area contributed by atoms with Gasteiger partial charge in [-0.2, -0.15) is 0 Å². The van der Waals surface area contributed by atoms with Gasteiger partial charge in [-0.05, 0) is 30.7 Å². The molecule has 3 rings (SSSR count). The molecule has 1 saturated heterocycles. The SMILES string of the molecule is CCOC(=O)[C@H]1[C@@H]2C(=O)N([C@@H](CO)C(C)C)[C@H](C(=O)NCc3ccccc3)[C@H]2C=C[C@H]1CC.